The zero-order chi connectivity index (χ0) is 20.0. The van der Waals surface area contributed by atoms with Crippen LogP contribution in [0.25, 0.3) is 12.2 Å². The monoisotopic (exact) mass is 375 g/mol. The lowest BCUT2D eigenvalue weighted by Crippen LogP contribution is -2.44. The minimum absolute atomic E-state index is 0.0585. The van der Waals surface area contributed by atoms with Gasteiger partial charge in [-0.05, 0) is 35.4 Å². The van der Waals surface area contributed by atoms with Crippen molar-refractivity contribution < 1.29 is 28.6 Å². The zero-order valence-electron chi connectivity index (χ0n) is 16.0. The molecule has 3 unspecified atom stereocenters. The molecule has 1 aromatic rings. The fourth-order valence-electron chi connectivity index (χ4n) is 2.90. The van der Waals surface area contributed by atoms with E-state index >= 15 is 0 Å². The maximum absolute atomic E-state index is 12.6. The third-order valence-electron chi connectivity index (χ3n) is 4.64. The molecule has 1 amide bonds. The van der Waals surface area contributed by atoms with Crippen LogP contribution in [0.3, 0.4) is 0 Å². The molecule has 27 heavy (non-hydrogen) atoms. The van der Waals surface area contributed by atoms with E-state index in [1.807, 2.05) is 24.3 Å². The molecule has 7 heteroatoms. The van der Waals surface area contributed by atoms with Crippen molar-refractivity contribution in [1.82, 2.24) is 5.32 Å². The smallest absolute Gasteiger partial charge is 0.328 e. The fraction of sp³-hybridized carbons (Fsp3) is 0.450. The standard InChI is InChI=1S/C20H25NO6/c1-12(19(23)21-17(20(24)27-4)11-18(22)26-3)13-5-6-15-10-16(25-2)8-7-14(15)9-13/h5-7,9-10,12,16-17H,8,11H2,1-4H3,(H,21,23). The number of methoxy groups -OCH3 is 3. The number of carbonyl (C=O) groups is 3. The van der Waals surface area contributed by atoms with E-state index in [1.54, 1.807) is 14.0 Å². The summed E-state index contributed by atoms with van der Waals surface area (Å²) in [7, 11) is 4.09. The van der Waals surface area contributed by atoms with Gasteiger partial charge in [-0.3, -0.25) is 9.59 Å². The number of fused-ring (bicyclic) bond motifs is 1. The molecule has 0 bridgehead atoms. The molecule has 1 aliphatic carbocycles. The summed E-state index contributed by atoms with van der Waals surface area (Å²) in [5.74, 6) is -2.18. The Balaban J connectivity index is 2.17. The number of nitrogens with one attached hydrogen (secondary N) is 1. The van der Waals surface area contributed by atoms with Gasteiger partial charge in [0.15, 0.2) is 0 Å². The van der Waals surface area contributed by atoms with E-state index in [0.717, 1.165) is 22.4 Å². The van der Waals surface area contributed by atoms with E-state index in [1.165, 1.54) is 14.2 Å². The second-order valence-electron chi connectivity index (χ2n) is 6.36. The predicted molar refractivity (Wildman–Crippen MR) is 99.0 cm³/mol. The highest BCUT2D eigenvalue weighted by Gasteiger charge is 2.27. The Morgan fingerprint density at radius 2 is 1.89 bits per heavy atom. The number of hydrogen-bond acceptors (Lipinski definition) is 6. The highest BCUT2D eigenvalue weighted by atomic mass is 16.5. The van der Waals surface area contributed by atoms with Crippen LogP contribution in [0.1, 0.15) is 31.2 Å². The summed E-state index contributed by atoms with van der Waals surface area (Å²) in [5.41, 5.74) is 0.813. The van der Waals surface area contributed by atoms with Crippen molar-refractivity contribution in [1.29, 1.82) is 0 Å². The van der Waals surface area contributed by atoms with Crippen LogP contribution in [0.5, 0.6) is 0 Å². The average Bonchev–Trinajstić information content (AvgIpc) is 2.70. The Bertz CT molecular complexity index is 831. The van der Waals surface area contributed by atoms with Crippen LogP contribution in [0, 0.1) is 0 Å². The van der Waals surface area contributed by atoms with E-state index in [2.05, 4.69) is 20.9 Å². The largest absolute Gasteiger partial charge is 0.469 e. The van der Waals surface area contributed by atoms with Crippen LogP contribution in [0.4, 0.5) is 0 Å². The first-order chi connectivity index (χ1) is 12.9. The quantitative estimate of drug-likeness (QED) is 0.674. The molecule has 0 spiro atoms. The first kappa shape index (κ1) is 20.6. The lowest BCUT2D eigenvalue weighted by Gasteiger charge is -2.19. The Hall–Kier alpha value is -2.67. The minimum Gasteiger partial charge on any atom is -0.469 e. The highest BCUT2D eigenvalue weighted by Crippen LogP contribution is 2.14. The van der Waals surface area contributed by atoms with Gasteiger partial charge in [-0.1, -0.05) is 24.3 Å². The Kier molecular flexibility index (Phi) is 7.12. The Labute approximate surface area is 158 Å². The van der Waals surface area contributed by atoms with Crippen molar-refractivity contribution in [2.24, 2.45) is 0 Å². The molecule has 0 fully saturated rings. The van der Waals surface area contributed by atoms with Crippen LogP contribution in [0.2, 0.25) is 0 Å². The highest BCUT2D eigenvalue weighted by molar-refractivity contribution is 5.90. The molecule has 0 aromatic heterocycles. The summed E-state index contributed by atoms with van der Waals surface area (Å²) in [6.45, 7) is 1.74. The molecule has 0 radical (unpaired) electrons. The third kappa shape index (κ3) is 5.17. The summed E-state index contributed by atoms with van der Waals surface area (Å²) >= 11 is 0. The second kappa shape index (κ2) is 9.32. The summed E-state index contributed by atoms with van der Waals surface area (Å²) < 4.78 is 14.6. The number of carbonyl (C=O) groups excluding carboxylic acids is 3. The topological polar surface area (TPSA) is 90.9 Å². The summed E-state index contributed by atoms with van der Waals surface area (Å²) in [6, 6.07) is 4.69. The van der Waals surface area contributed by atoms with Gasteiger partial charge in [0.25, 0.3) is 0 Å². The summed E-state index contributed by atoms with van der Waals surface area (Å²) in [6.07, 6.45) is 4.67. The van der Waals surface area contributed by atoms with Gasteiger partial charge in [-0.2, -0.15) is 0 Å². The van der Waals surface area contributed by atoms with Crippen molar-refractivity contribution in [2.75, 3.05) is 21.3 Å². The minimum atomic E-state index is -1.09. The van der Waals surface area contributed by atoms with Gasteiger partial charge in [0, 0.05) is 7.11 Å². The number of amides is 1. The number of rotatable bonds is 7. The van der Waals surface area contributed by atoms with E-state index in [0.29, 0.717) is 0 Å². The SMILES string of the molecule is COC(=O)CC(NC(=O)C(C)c1ccc2c(c1)=CCC(OC)C=2)C(=O)OC. The van der Waals surface area contributed by atoms with Gasteiger partial charge in [-0.15, -0.1) is 0 Å². The van der Waals surface area contributed by atoms with Crippen LogP contribution in [0.15, 0.2) is 18.2 Å². The van der Waals surface area contributed by atoms with Crippen LogP contribution in [-0.2, 0) is 28.6 Å². The van der Waals surface area contributed by atoms with Crippen LogP contribution in [-0.4, -0.2) is 51.3 Å². The van der Waals surface area contributed by atoms with Crippen molar-refractivity contribution >= 4 is 30.0 Å². The van der Waals surface area contributed by atoms with Gasteiger partial charge in [-0.25, -0.2) is 4.79 Å². The molecule has 0 saturated carbocycles. The Morgan fingerprint density at radius 1 is 1.15 bits per heavy atom. The number of ether oxygens (including phenoxy) is 3. The van der Waals surface area contributed by atoms with Crippen LogP contribution < -0.4 is 15.8 Å². The molecule has 0 aliphatic heterocycles. The van der Waals surface area contributed by atoms with E-state index < -0.39 is 23.9 Å². The summed E-state index contributed by atoms with van der Waals surface area (Å²) in [4.78, 5) is 35.9. The van der Waals surface area contributed by atoms with Crippen molar-refractivity contribution in [2.45, 2.75) is 37.8 Å². The molecule has 7 nitrogen and oxygen atoms in total. The molecule has 1 N–H and O–H groups in total. The Morgan fingerprint density at radius 3 is 2.52 bits per heavy atom. The van der Waals surface area contributed by atoms with E-state index in [-0.39, 0.29) is 18.4 Å². The molecule has 1 aromatic carbocycles. The maximum Gasteiger partial charge on any atom is 0.328 e. The molecular weight excluding hydrogens is 350 g/mol. The third-order valence-corrected chi connectivity index (χ3v) is 4.64. The number of hydrogen-bond donors (Lipinski definition) is 1. The second-order valence-corrected chi connectivity index (χ2v) is 6.36. The van der Waals surface area contributed by atoms with Crippen molar-refractivity contribution in [3.63, 3.8) is 0 Å². The molecule has 1 aliphatic rings. The summed E-state index contributed by atoms with van der Waals surface area (Å²) in [5, 5.41) is 4.67. The molecule has 0 heterocycles. The van der Waals surface area contributed by atoms with Gasteiger partial charge in [0.2, 0.25) is 5.91 Å². The van der Waals surface area contributed by atoms with Gasteiger partial charge < -0.3 is 19.5 Å². The number of benzene rings is 1. The van der Waals surface area contributed by atoms with Gasteiger partial charge >= 0.3 is 11.9 Å². The predicted octanol–water partition coefficient (Wildman–Crippen LogP) is -0.00930. The van der Waals surface area contributed by atoms with Gasteiger partial charge in [0.1, 0.15) is 6.04 Å². The van der Waals surface area contributed by atoms with Gasteiger partial charge in [0.05, 0.1) is 32.7 Å². The van der Waals surface area contributed by atoms with Crippen molar-refractivity contribution in [3.05, 3.63) is 34.2 Å². The normalized spacial score (nSPS) is 17.4. The molecule has 0 saturated heterocycles. The first-order valence-corrected chi connectivity index (χ1v) is 8.69. The lowest BCUT2D eigenvalue weighted by molar-refractivity contribution is -0.150. The fourth-order valence-corrected chi connectivity index (χ4v) is 2.90. The number of esters is 2. The zero-order valence-corrected chi connectivity index (χ0v) is 16.0. The average molecular weight is 375 g/mol. The van der Waals surface area contributed by atoms with E-state index in [9.17, 15) is 14.4 Å². The first-order valence-electron chi connectivity index (χ1n) is 8.69. The van der Waals surface area contributed by atoms with E-state index in [4.69, 9.17) is 4.74 Å². The molecule has 2 rings (SSSR count). The molecule has 146 valence electrons. The van der Waals surface area contributed by atoms with Crippen molar-refractivity contribution in [3.8, 4) is 0 Å². The lowest BCUT2D eigenvalue weighted by atomic mass is 9.96. The maximum atomic E-state index is 12.6. The van der Waals surface area contributed by atoms with Crippen LogP contribution >= 0.6 is 0 Å². The molecule has 3 atom stereocenters. The molecular formula is C20H25NO6.